The van der Waals surface area contributed by atoms with Crippen LogP contribution in [0.15, 0.2) is 42.5 Å². The zero-order chi connectivity index (χ0) is 14.8. The summed E-state index contributed by atoms with van der Waals surface area (Å²) < 4.78 is 0. The first-order valence-corrected chi connectivity index (χ1v) is 7.40. The number of benzene rings is 2. The summed E-state index contributed by atoms with van der Waals surface area (Å²) in [5.41, 5.74) is 4.11. The Labute approximate surface area is 129 Å². The second-order valence-electron chi connectivity index (χ2n) is 5.39. The monoisotopic (exact) mass is 300 g/mol. The van der Waals surface area contributed by atoms with Crippen molar-refractivity contribution < 1.29 is 4.79 Å². The van der Waals surface area contributed by atoms with Gasteiger partial charge in [-0.2, -0.15) is 0 Å². The van der Waals surface area contributed by atoms with Crippen LogP contribution in [0.5, 0.6) is 0 Å². The topological polar surface area (TPSA) is 41.1 Å². The molecule has 3 nitrogen and oxygen atoms in total. The van der Waals surface area contributed by atoms with Gasteiger partial charge in [0.1, 0.15) is 0 Å². The molecule has 1 amide bonds. The molecule has 21 heavy (non-hydrogen) atoms. The lowest BCUT2D eigenvalue weighted by Crippen LogP contribution is -2.33. The second-order valence-corrected chi connectivity index (χ2v) is 5.82. The third-order valence-electron chi connectivity index (χ3n) is 3.85. The molecule has 2 aromatic carbocycles. The van der Waals surface area contributed by atoms with E-state index in [9.17, 15) is 4.79 Å². The van der Waals surface area contributed by atoms with E-state index in [4.69, 9.17) is 11.6 Å². The van der Waals surface area contributed by atoms with Gasteiger partial charge in [0.05, 0.1) is 5.92 Å². The van der Waals surface area contributed by atoms with E-state index in [2.05, 4.69) is 16.7 Å². The summed E-state index contributed by atoms with van der Waals surface area (Å²) in [6, 6.07) is 13.6. The van der Waals surface area contributed by atoms with Gasteiger partial charge in [-0.3, -0.25) is 4.79 Å². The molecule has 2 N–H and O–H groups in total. The van der Waals surface area contributed by atoms with Crippen LogP contribution in [0, 0.1) is 12.8 Å². The van der Waals surface area contributed by atoms with Crippen LogP contribution in [0.25, 0.3) is 0 Å². The van der Waals surface area contributed by atoms with Gasteiger partial charge in [0.25, 0.3) is 0 Å². The molecule has 0 aromatic heterocycles. The predicted octanol–water partition coefficient (Wildman–Crippen LogP) is 3.87. The minimum absolute atomic E-state index is 0.0300. The lowest BCUT2D eigenvalue weighted by molar-refractivity contribution is -0.119. The Morgan fingerprint density at radius 2 is 2.10 bits per heavy atom. The molecule has 0 radical (unpaired) electrons. The first kappa shape index (κ1) is 14.0. The summed E-state index contributed by atoms with van der Waals surface area (Å²) in [7, 11) is 0. The highest BCUT2D eigenvalue weighted by molar-refractivity contribution is 6.31. The van der Waals surface area contributed by atoms with Crippen molar-refractivity contribution in [2.75, 3.05) is 17.2 Å². The molecule has 3 rings (SSSR count). The maximum atomic E-state index is 12.4. The quantitative estimate of drug-likeness (QED) is 0.884. The molecule has 2 aromatic rings. The minimum Gasteiger partial charge on any atom is -0.384 e. The van der Waals surface area contributed by atoms with Crippen LogP contribution >= 0.6 is 11.6 Å². The third-order valence-corrected chi connectivity index (χ3v) is 4.09. The molecule has 0 spiro atoms. The smallest absolute Gasteiger partial charge is 0.229 e. The number of para-hydroxylation sites is 1. The van der Waals surface area contributed by atoms with Gasteiger partial charge in [-0.15, -0.1) is 0 Å². The Kier molecular flexibility index (Phi) is 3.84. The molecular weight excluding hydrogens is 284 g/mol. The molecule has 108 valence electrons. The summed E-state index contributed by atoms with van der Waals surface area (Å²) in [5, 5.41) is 6.93. The Bertz CT molecular complexity index is 684. The highest BCUT2D eigenvalue weighted by Crippen LogP contribution is 2.26. The van der Waals surface area contributed by atoms with E-state index in [0.29, 0.717) is 11.6 Å². The van der Waals surface area contributed by atoms with Crippen molar-refractivity contribution in [1.82, 2.24) is 0 Å². The number of nitrogens with one attached hydrogen (secondary N) is 2. The molecule has 1 aliphatic rings. The van der Waals surface area contributed by atoms with Gasteiger partial charge in [-0.1, -0.05) is 35.9 Å². The number of amides is 1. The zero-order valence-electron chi connectivity index (χ0n) is 11.8. The van der Waals surface area contributed by atoms with E-state index < -0.39 is 0 Å². The van der Waals surface area contributed by atoms with E-state index in [1.54, 1.807) is 6.07 Å². The van der Waals surface area contributed by atoms with Crippen molar-refractivity contribution >= 4 is 28.9 Å². The van der Waals surface area contributed by atoms with Gasteiger partial charge in [-0.05, 0) is 42.7 Å². The van der Waals surface area contributed by atoms with Crippen molar-refractivity contribution in [3.63, 3.8) is 0 Å². The number of fused-ring (bicyclic) bond motifs is 1. The van der Waals surface area contributed by atoms with E-state index in [0.717, 1.165) is 23.4 Å². The van der Waals surface area contributed by atoms with Crippen molar-refractivity contribution in [2.45, 2.75) is 13.3 Å². The van der Waals surface area contributed by atoms with Crippen LogP contribution in [-0.2, 0) is 11.2 Å². The molecule has 1 heterocycles. The van der Waals surface area contributed by atoms with E-state index >= 15 is 0 Å². The fourth-order valence-electron chi connectivity index (χ4n) is 2.59. The first-order valence-electron chi connectivity index (χ1n) is 7.02. The van der Waals surface area contributed by atoms with Gasteiger partial charge < -0.3 is 10.6 Å². The zero-order valence-corrected chi connectivity index (χ0v) is 12.6. The van der Waals surface area contributed by atoms with Gasteiger partial charge in [0.2, 0.25) is 5.91 Å². The maximum absolute atomic E-state index is 12.4. The molecule has 0 fully saturated rings. The summed E-state index contributed by atoms with van der Waals surface area (Å²) in [5.74, 6) is -0.0411. The van der Waals surface area contributed by atoms with E-state index in [1.165, 1.54) is 5.56 Å². The first-order chi connectivity index (χ1) is 10.1. The Morgan fingerprint density at radius 1 is 1.29 bits per heavy atom. The minimum atomic E-state index is -0.0710. The number of hydrogen-bond acceptors (Lipinski definition) is 2. The number of aryl methyl sites for hydroxylation is 1. The van der Waals surface area contributed by atoms with Crippen LogP contribution in [0.1, 0.15) is 11.1 Å². The lowest BCUT2D eigenvalue weighted by atomic mass is 9.93. The third kappa shape index (κ3) is 3.03. The van der Waals surface area contributed by atoms with Crippen molar-refractivity contribution in [2.24, 2.45) is 5.92 Å². The summed E-state index contributed by atoms with van der Waals surface area (Å²) >= 11 is 5.99. The Balaban J connectivity index is 1.74. The number of halogens is 1. The fourth-order valence-corrected chi connectivity index (χ4v) is 2.76. The number of anilines is 2. The van der Waals surface area contributed by atoms with Gasteiger partial charge in [-0.25, -0.2) is 0 Å². The molecule has 4 heteroatoms. The van der Waals surface area contributed by atoms with Crippen molar-refractivity contribution in [3.05, 3.63) is 58.6 Å². The van der Waals surface area contributed by atoms with Crippen LogP contribution < -0.4 is 10.6 Å². The van der Waals surface area contributed by atoms with Gasteiger partial charge >= 0.3 is 0 Å². The normalized spacial score (nSPS) is 16.8. The van der Waals surface area contributed by atoms with Gasteiger partial charge in [0.15, 0.2) is 0 Å². The van der Waals surface area contributed by atoms with Crippen LogP contribution in [0.2, 0.25) is 5.02 Å². The Hall–Kier alpha value is -2.00. The molecule has 0 saturated carbocycles. The molecule has 1 unspecified atom stereocenters. The van der Waals surface area contributed by atoms with E-state index in [-0.39, 0.29) is 11.8 Å². The standard InChI is InChI=1S/C17H17ClN2O/c1-11-6-7-14(18)9-16(11)20-17(21)13-8-12-4-2-3-5-15(12)19-10-13/h2-7,9,13,19H,8,10H2,1H3,(H,20,21). The van der Waals surface area contributed by atoms with Gasteiger partial charge in [0, 0.05) is 22.9 Å². The summed E-state index contributed by atoms with van der Waals surface area (Å²) in [6.07, 6.45) is 0.759. The summed E-state index contributed by atoms with van der Waals surface area (Å²) in [4.78, 5) is 12.4. The highest BCUT2D eigenvalue weighted by atomic mass is 35.5. The number of carbonyl (C=O) groups excluding carboxylic acids is 1. The largest absolute Gasteiger partial charge is 0.384 e. The molecule has 0 aliphatic carbocycles. The van der Waals surface area contributed by atoms with Crippen LogP contribution in [0.4, 0.5) is 11.4 Å². The number of carbonyl (C=O) groups is 1. The molecule has 0 saturated heterocycles. The fraction of sp³-hybridized carbons (Fsp3) is 0.235. The predicted molar refractivity (Wildman–Crippen MR) is 86.9 cm³/mol. The SMILES string of the molecule is Cc1ccc(Cl)cc1NC(=O)C1CNc2ccccc2C1. The van der Waals surface area contributed by atoms with Crippen LogP contribution in [0.3, 0.4) is 0 Å². The average molecular weight is 301 g/mol. The lowest BCUT2D eigenvalue weighted by Gasteiger charge is -2.25. The number of hydrogen-bond donors (Lipinski definition) is 2. The molecular formula is C17H17ClN2O. The highest BCUT2D eigenvalue weighted by Gasteiger charge is 2.24. The molecule has 1 aliphatic heterocycles. The van der Waals surface area contributed by atoms with E-state index in [1.807, 2.05) is 37.3 Å². The van der Waals surface area contributed by atoms with Crippen LogP contribution in [-0.4, -0.2) is 12.5 Å². The second kappa shape index (κ2) is 5.78. The van der Waals surface area contributed by atoms with Crippen molar-refractivity contribution in [3.8, 4) is 0 Å². The maximum Gasteiger partial charge on any atom is 0.229 e. The average Bonchev–Trinajstić information content (AvgIpc) is 2.50. The summed E-state index contributed by atoms with van der Waals surface area (Å²) in [6.45, 7) is 2.61. The Morgan fingerprint density at radius 3 is 2.95 bits per heavy atom. The molecule has 1 atom stereocenters. The van der Waals surface area contributed by atoms with Crippen molar-refractivity contribution in [1.29, 1.82) is 0 Å². The molecule has 0 bridgehead atoms. The number of rotatable bonds is 2.